The number of amides is 1. The van der Waals surface area contributed by atoms with Crippen molar-refractivity contribution < 1.29 is 9.32 Å². The molecule has 1 aliphatic rings. The second-order valence-corrected chi connectivity index (χ2v) is 6.79. The van der Waals surface area contributed by atoms with Gasteiger partial charge in [-0.25, -0.2) is 0 Å². The van der Waals surface area contributed by atoms with Crippen molar-refractivity contribution in [3.05, 3.63) is 53.4 Å². The summed E-state index contributed by atoms with van der Waals surface area (Å²) in [4.78, 5) is 19.1. The van der Waals surface area contributed by atoms with Crippen LogP contribution in [-0.4, -0.2) is 66.0 Å². The Hall–Kier alpha value is -2.18. The van der Waals surface area contributed by atoms with Crippen LogP contribution in [0.2, 0.25) is 0 Å². The van der Waals surface area contributed by atoms with Gasteiger partial charge < -0.3 is 9.42 Å². The number of aromatic nitrogens is 1. The largest absolute Gasteiger partial charge is 0.360 e. The van der Waals surface area contributed by atoms with Gasteiger partial charge in [0, 0.05) is 46.3 Å². The predicted octanol–water partition coefficient (Wildman–Crippen LogP) is 1.93. The smallest absolute Gasteiger partial charge is 0.244 e. The number of carbonyl (C=O) groups is 1. The van der Waals surface area contributed by atoms with Crippen LogP contribution in [0.15, 0.2) is 40.9 Å². The molecule has 1 aromatic heterocycles. The van der Waals surface area contributed by atoms with Crippen molar-refractivity contribution in [3.63, 3.8) is 0 Å². The molecule has 0 N–H and O–H groups in total. The summed E-state index contributed by atoms with van der Waals surface area (Å²) in [6.07, 6.45) is 0. The molecule has 0 spiro atoms. The summed E-state index contributed by atoms with van der Waals surface area (Å²) in [6.45, 7) is 6.22. The Labute approximate surface area is 149 Å². The molecule has 1 aromatic carbocycles. The van der Waals surface area contributed by atoms with E-state index in [4.69, 9.17) is 4.52 Å². The Balaban J connectivity index is 1.66. The van der Waals surface area contributed by atoms with Gasteiger partial charge in [0.2, 0.25) is 5.91 Å². The molecular formula is C19H26N4O2. The van der Waals surface area contributed by atoms with Crippen LogP contribution in [0.1, 0.15) is 23.1 Å². The van der Waals surface area contributed by atoms with E-state index in [1.54, 1.807) is 4.90 Å². The zero-order chi connectivity index (χ0) is 17.8. The fourth-order valence-corrected chi connectivity index (χ4v) is 3.28. The standard InChI is InChI=1S/C19H26N4O2/c1-15-13-17(25-20-15)14-22-9-11-23(12-10-22)18(19(24)21(2)3)16-7-5-4-6-8-16/h4-8,13,18H,9-12,14H2,1-3H3. The minimum Gasteiger partial charge on any atom is -0.360 e. The Bertz CT molecular complexity index is 690. The molecule has 1 unspecified atom stereocenters. The van der Waals surface area contributed by atoms with Crippen molar-refractivity contribution in [2.75, 3.05) is 40.3 Å². The third kappa shape index (κ3) is 4.27. The van der Waals surface area contributed by atoms with Crippen molar-refractivity contribution >= 4 is 5.91 Å². The highest BCUT2D eigenvalue weighted by atomic mass is 16.5. The number of hydrogen-bond acceptors (Lipinski definition) is 5. The molecule has 1 saturated heterocycles. The van der Waals surface area contributed by atoms with Gasteiger partial charge >= 0.3 is 0 Å². The summed E-state index contributed by atoms with van der Waals surface area (Å²) in [5.74, 6) is 1.03. The van der Waals surface area contributed by atoms with Crippen molar-refractivity contribution in [3.8, 4) is 0 Å². The Morgan fingerprint density at radius 2 is 1.88 bits per heavy atom. The zero-order valence-corrected chi connectivity index (χ0v) is 15.2. The molecule has 1 amide bonds. The van der Waals surface area contributed by atoms with Crippen molar-refractivity contribution in [2.45, 2.75) is 19.5 Å². The summed E-state index contributed by atoms with van der Waals surface area (Å²) in [7, 11) is 3.64. The molecule has 25 heavy (non-hydrogen) atoms. The van der Waals surface area contributed by atoms with E-state index in [-0.39, 0.29) is 11.9 Å². The minimum atomic E-state index is -0.217. The van der Waals surface area contributed by atoms with Gasteiger partial charge in [-0.15, -0.1) is 0 Å². The van der Waals surface area contributed by atoms with Gasteiger partial charge in [-0.1, -0.05) is 35.5 Å². The number of aryl methyl sites for hydroxylation is 1. The molecular weight excluding hydrogens is 316 g/mol. The van der Waals surface area contributed by atoms with Crippen LogP contribution in [0.3, 0.4) is 0 Å². The van der Waals surface area contributed by atoms with Crippen LogP contribution < -0.4 is 0 Å². The molecule has 1 aliphatic heterocycles. The molecule has 0 bridgehead atoms. The third-order valence-electron chi connectivity index (χ3n) is 4.62. The Morgan fingerprint density at radius 1 is 1.20 bits per heavy atom. The first kappa shape index (κ1) is 17.6. The summed E-state index contributed by atoms with van der Waals surface area (Å²) in [5.41, 5.74) is 1.97. The molecule has 0 radical (unpaired) electrons. The lowest BCUT2D eigenvalue weighted by molar-refractivity contribution is -0.135. The minimum absolute atomic E-state index is 0.130. The van der Waals surface area contributed by atoms with E-state index in [2.05, 4.69) is 15.0 Å². The van der Waals surface area contributed by atoms with E-state index < -0.39 is 0 Å². The van der Waals surface area contributed by atoms with Crippen LogP contribution in [0.4, 0.5) is 0 Å². The van der Waals surface area contributed by atoms with E-state index in [9.17, 15) is 4.79 Å². The molecule has 0 saturated carbocycles. The number of nitrogens with zero attached hydrogens (tertiary/aromatic N) is 4. The maximum atomic E-state index is 12.8. The van der Waals surface area contributed by atoms with Crippen LogP contribution in [0.25, 0.3) is 0 Å². The average molecular weight is 342 g/mol. The SMILES string of the molecule is Cc1cc(CN2CCN(C(C(=O)N(C)C)c3ccccc3)CC2)on1. The summed E-state index contributed by atoms with van der Waals surface area (Å²) in [6, 6.07) is 11.8. The number of hydrogen-bond donors (Lipinski definition) is 0. The fraction of sp³-hybridized carbons (Fsp3) is 0.474. The van der Waals surface area contributed by atoms with Gasteiger partial charge in [0.15, 0.2) is 5.76 Å². The highest BCUT2D eigenvalue weighted by molar-refractivity contribution is 5.82. The van der Waals surface area contributed by atoms with E-state index in [1.165, 1.54) is 0 Å². The van der Waals surface area contributed by atoms with Crippen molar-refractivity contribution in [2.24, 2.45) is 0 Å². The molecule has 3 rings (SSSR count). The summed E-state index contributed by atoms with van der Waals surface area (Å²) >= 11 is 0. The average Bonchev–Trinajstić information content (AvgIpc) is 3.02. The first-order valence-corrected chi connectivity index (χ1v) is 8.69. The molecule has 0 aliphatic carbocycles. The summed E-state index contributed by atoms with van der Waals surface area (Å²) < 4.78 is 5.31. The van der Waals surface area contributed by atoms with E-state index in [0.717, 1.165) is 49.7 Å². The maximum absolute atomic E-state index is 12.8. The lowest BCUT2D eigenvalue weighted by Crippen LogP contribution is -2.50. The van der Waals surface area contributed by atoms with Crippen LogP contribution in [0.5, 0.6) is 0 Å². The first-order chi connectivity index (χ1) is 12.0. The Morgan fingerprint density at radius 3 is 2.44 bits per heavy atom. The van der Waals surface area contributed by atoms with Gasteiger partial charge in [0.25, 0.3) is 0 Å². The predicted molar refractivity (Wildman–Crippen MR) is 96.0 cm³/mol. The van der Waals surface area contributed by atoms with Crippen LogP contribution in [-0.2, 0) is 11.3 Å². The van der Waals surface area contributed by atoms with E-state index in [1.807, 2.05) is 57.4 Å². The summed E-state index contributed by atoms with van der Waals surface area (Å²) in [5, 5.41) is 3.95. The highest BCUT2D eigenvalue weighted by Gasteiger charge is 2.31. The molecule has 2 aromatic rings. The lowest BCUT2D eigenvalue weighted by Gasteiger charge is -2.39. The number of rotatable bonds is 5. The first-order valence-electron chi connectivity index (χ1n) is 8.69. The number of carbonyl (C=O) groups excluding carboxylic acids is 1. The second-order valence-electron chi connectivity index (χ2n) is 6.79. The molecule has 6 heteroatoms. The molecule has 2 heterocycles. The normalized spacial score (nSPS) is 17.4. The van der Waals surface area contributed by atoms with Gasteiger partial charge in [0.1, 0.15) is 6.04 Å². The second kappa shape index (κ2) is 7.80. The molecule has 134 valence electrons. The van der Waals surface area contributed by atoms with Crippen LogP contribution >= 0.6 is 0 Å². The van der Waals surface area contributed by atoms with Crippen molar-refractivity contribution in [1.82, 2.24) is 19.9 Å². The quantitative estimate of drug-likeness (QED) is 0.831. The van der Waals surface area contributed by atoms with Crippen LogP contribution in [0, 0.1) is 6.92 Å². The topological polar surface area (TPSA) is 52.8 Å². The molecule has 6 nitrogen and oxygen atoms in total. The molecule has 1 atom stereocenters. The fourth-order valence-electron chi connectivity index (χ4n) is 3.28. The zero-order valence-electron chi connectivity index (χ0n) is 15.2. The number of piperazine rings is 1. The van der Waals surface area contributed by atoms with Gasteiger partial charge in [0.05, 0.1) is 12.2 Å². The third-order valence-corrected chi connectivity index (χ3v) is 4.62. The van der Waals surface area contributed by atoms with Crippen molar-refractivity contribution in [1.29, 1.82) is 0 Å². The van der Waals surface area contributed by atoms with Gasteiger partial charge in [-0.3, -0.25) is 14.6 Å². The van der Waals surface area contributed by atoms with Gasteiger partial charge in [-0.05, 0) is 12.5 Å². The van der Waals surface area contributed by atoms with Gasteiger partial charge in [-0.2, -0.15) is 0 Å². The maximum Gasteiger partial charge on any atom is 0.244 e. The monoisotopic (exact) mass is 342 g/mol. The Kier molecular flexibility index (Phi) is 5.50. The number of likely N-dealkylation sites (N-methyl/N-ethyl adjacent to an activating group) is 1. The highest BCUT2D eigenvalue weighted by Crippen LogP contribution is 2.24. The lowest BCUT2D eigenvalue weighted by atomic mass is 10.0. The number of benzene rings is 1. The van der Waals surface area contributed by atoms with E-state index >= 15 is 0 Å². The van der Waals surface area contributed by atoms with E-state index in [0.29, 0.717) is 0 Å². The molecule has 1 fully saturated rings.